The topological polar surface area (TPSA) is 98.3 Å². The molecule has 33 heavy (non-hydrogen) atoms. The molecule has 0 radical (unpaired) electrons. The van der Waals surface area contributed by atoms with Gasteiger partial charge in [0.15, 0.2) is 5.13 Å². The number of aryl methyl sites for hydroxylation is 2. The number of amides is 1. The van der Waals surface area contributed by atoms with E-state index >= 15 is 0 Å². The summed E-state index contributed by atoms with van der Waals surface area (Å²) in [4.78, 5) is 34.5. The zero-order valence-electron chi connectivity index (χ0n) is 17.6. The molecule has 0 unspecified atom stereocenters. The first-order valence-corrected chi connectivity index (χ1v) is 12.6. The number of nitrogens with one attached hydrogen (secondary N) is 2. The lowest BCUT2D eigenvalue weighted by Crippen LogP contribution is -2.34. The van der Waals surface area contributed by atoms with Gasteiger partial charge in [0, 0.05) is 46.7 Å². The summed E-state index contributed by atoms with van der Waals surface area (Å²) in [7, 11) is 0. The van der Waals surface area contributed by atoms with E-state index in [0.29, 0.717) is 34.6 Å². The number of rotatable bonds is 5. The summed E-state index contributed by atoms with van der Waals surface area (Å²) in [6.07, 6.45) is 0. The molecule has 1 aliphatic carbocycles. The van der Waals surface area contributed by atoms with Crippen LogP contribution in [-0.2, 0) is 0 Å². The lowest BCUT2D eigenvalue weighted by Gasteiger charge is -2.19. The molecule has 7 nitrogen and oxygen atoms in total. The summed E-state index contributed by atoms with van der Waals surface area (Å²) in [5.74, 6) is -0.678. The van der Waals surface area contributed by atoms with Gasteiger partial charge in [0.05, 0.1) is 15.7 Å². The number of carbonyl (C=O) groups is 2. The molecule has 3 N–H and O–H groups in total. The SMILES string of the molecule is Cc1cc(Br)ccc1-c1nc(N2C[C@@H]3[C@H](C2)[C@@H]3NC(=O)c2[nH]c(C)c(Cl)c2Cl)sc1C(=O)O. The molecular weight excluding hydrogens is 551 g/mol. The highest BCUT2D eigenvalue weighted by Crippen LogP contribution is 2.48. The number of anilines is 1. The van der Waals surface area contributed by atoms with Crippen molar-refractivity contribution in [1.29, 1.82) is 0 Å². The highest BCUT2D eigenvalue weighted by atomic mass is 79.9. The van der Waals surface area contributed by atoms with Crippen LogP contribution in [0.15, 0.2) is 22.7 Å². The molecule has 2 aliphatic rings. The van der Waals surface area contributed by atoms with Crippen LogP contribution in [0, 0.1) is 25.7 Å². The van der Waals surface area contributed by atoms with Crippen LogP contribution in [-0.4, -0.2) is 46.1 Å². The van der Waals surface area contributed by atoms with Crippen molar-refractivity contribution in [1.82, 2.24) is 15.3 Å². The van der Waals surface area contributed by atoms with Crippen molar-refractivity contribution >= 4 is 67.5 Å². The van der Waals surface area contributed by atoms with Gasteiger partial charge in [-0.15, -0.1) is 0 Å². The fraction of sp³-hybridized carbons (Fsp3) is 0.318. The Morgan fingerprint density at radius 2 is 1.94 bits per heavy atom. The predicted octanol–water partition coefficient (Wildman–Crippen LogP) is 5.39. The van der Waals surface area contributed by atoms with Crippen molar-refractivity contribution in [2.24, 2.45) is 11.8 Å². The number of fused-ring (bicyclic) bond motifs is 1. The predicted molar refractivity (Wildman–Crippen MR) is 133 cm³/mol. The first-order chi connectivity index (χ1) is 15.7. The number of aromatic nitrogens is 2. The maximum Gasteiger partial charge on any atom is 0.348 e. The van der Waals surface area contributed by atoms with Crippen LogP contribution in [0.25, 0.3) is 11.3 Å². The molecule has 1 saturated carbocycles. The Bertz CT molecular complexity index is 1300. The van der Waals surface area contributed by atoms with E-state index in [1.165, 1.54) is 11.3 Å². The summed E-state index contributed by atoms with van der Waals surface area (Å²) >= 11 is 16.9. The van der Waals surface area contributed by atoms with Gasteiger partial charge >= 0.3 is 5.97 Å². The minimum Gasteiger partial charge on any atom is -0.477 e. The standard InChI is InChI=1S/C22H19BrCl2N4O3S/c1-8-5-10(23)3-4-11(8)17-19(21(31)32)33-22(28-17)29-6-12-13(7-29)16(12)27-20(30)18-15(25)14(24)9(2)26-18/h3-5,12-13,16,26H,6-7H2,1-2H3,(H,27,30)(H,31,32)/t12-,13+,16-. The van der Waals surface area contributed by atoms with Crippen LogP contribution in [0.3, 0.4) is 0 Å². The molecule has 3 aromatic rings. The molecule has 2 fully saturated rings. The van der Waals surface area contributed by atoms with Crippen LogP contribution in [0.1, 0.15) is 31.4 Å². The number of nitrogens with zero attached hydrogens (tertiary/aromatic N) is 2. The smallest absolute Gasteiger partial charge is 0.348 e. The van der Waals surface area contributed by atoms with Gasteiger partial charge in [0.25, 0.3) is 5.91 Å². The molecule has 5 rings (SSSR count). The van der Waals surface area contributed by atoms with Crippen LogP contribution in [0.5, 0.6) is 0 Å². The molecule has 172 valence electrons. The molecule has 11 heteroatoms. The lowest BCUT2D eigenvalue weighted by molar-refractivity contribution is 0.0702. The van der Waals surface area contributed by atoms with Crippen molar-refractivity contribution in [3.8, 4) is 11.3 Å². The Morgan fingerprint density at radius 1 is 1.24 bits per heavy atom. The number of hydrogen-bond donors (Lipinski definition) is 3. The molecule has 1 aromatic carbocycles. The zero-order valence-corrected chi connectivity index (χ0v) is 21.5. The fourth-order valence-corrected chi connectivity index (χ4v) is 6.34. The number of piperidine rings is 1. The van der Waals surface area contributed by atoms with Crippen LogP contribution < -0.4 is 10.2 Å². The van der Waals surface area contributed by atoms with E-state index in [9.17, 15) is 14.7 Å². The molecule has 1 aliphatic heterocycles. The number of carbonyl (C=O) groups excluding carboxylic acids is 1. The number of carboxylic acid groups (broad SMARTS) is 1. The van der Waals surface area contributed by atoms with Gasteiger partial charge in [0.1, 0.15) is 10.6 Å². The number of benzene rings is 1. The van der Waals surface area contributed by atoms with Gasteiger partial charge in [0.2, 0.25) is 0 Å². The van der Waals surface area contributed by atoms with E-state index in [-0.39, 0.29) is 39.4 Å². The lowest BCUT2D eigenvalue weighted by atomic mass is 10.1. The molecule has 3 heterocycles. The van der Waals surface area contributed by atoms with Crippen molar-refractivity contribution < 1.29 is 14.7 Å². The summed E-state index contributed by atoms with van der Waals surface area (Å²) in [5, 5.41) is 14.1. The summed E-state index contributed by atoms with van der Waals surface area (Å²) in [6.45, 7) is 5.12. The van der Waals surface area contributed by atoms with Gasteiger partial charge in [-0.2, -0.15) is 0 Å². The molecule has 0 bridgehead atoms. The fourth-order valence-electron chi connectivity index (χ4n) is 4.51. The Hall–Kier alpha value is -2.07. The van der Waals surface area contributed by atoms with Gasteiger partial charge < -0.3 is 20.3 Å². The van der Waals surface area contributed by atoms with Gasteiger partial charge in [-0.05, 0) is 31.5 Å². The van der Waals surface area contributed by atoms with Gasteiger partial charge in [-0.25, -0.2) is 9.78 Å². The molecule has 2 aromatic heterocycles. The van der Waals surface area contributed by atoms with E-state index in [2.05, 4.69) is 31.1 Å². The van der Waals surface area contributed by atoms with E-state index in [1.807, 2.05) is 25.1 Å². The number of hydrogen-bond acceptors (Lipinski definition) is 5. The largest absolute Gasteiger partial charge is 0.477 e. The zero-order chi connectivity index (χ0) is 23.6. The van der Waals surface area contributed by atoms with Crippen LogP contribution in [0.2, 0.25) is 10.0 Å². The molecule has 1 saturated heterocycles. The van der Waals surface area contributed by atoms with E-state index in [4.69, 9.17) is 28.2 Å². The van der Waals surface area contributed by atoms with Crippen LogP contribution >= 0.6 is 50.5 Å². The number of aromatic carboxylic acids is 1. The molecule has 0 spiro atoms. The highest BCUT2D eigenvalue weighted by Gasteiger charge is 2.57. The normalized spacial score (nSPS) is 21.2. The third kappa shape index (κ3) is 3.95. The number of thiazole rings is 1. The Balaban J connectivity index is 1.30. The Kier molecular flexibility index (Phi) is 5.71. The maximum absolute atomic E-state index is 12.6. The average Bonchev–Trinajstić information content (AvgIpc) is 3.14. The van der Waals surface area contributed by atoms with Crippen molar-refractivity contribution in [2.45, 2.75) is 19.9 Å². The Morgan fingerprint density at radius 3 is 2.52 bits per heavy atom. The molecular formula is C22H19BrCl2N4O3S. The second-order valence-corrected chi connectivity index (χ2v) is 11.1. The minimum absolute atomic E-state index is 0.0549. The van der Waals surface area contributed by atoms with Gasteiger partial charge in [-0.1, -0.05) is 56.5 Å². The molecule has 3 atom stereocenters. The maximum atomic E-state index is 12.6. The minimum atomic E-state index is -0.984. The van der Waals surface area contributed by atoms with Gasteiger partial charge in [-0.3, -0.25) is 4.79 Å². The number of aromatic amines is 1. The second kappa shape index (κ2) is 8.30. The van der Waals surface area contributed by atoms with Crippen LogP contribution in [0.4, 0.5) is 5.13 Å². The van der Waals surface area contributed by atoms with Crippen molar-refractivity contribution in [3.63, 3.8) is 0 Å². The Labute approximate surface area is 212 Å². The average molecular weight is 570 g/mol. The monoisotopic (exact) mass is 568 g/mol. The summed E-state index contributed by atoms with van der Waals surface area (Å²) < 4.78 is 0.932. The number of halogens is 3. The number of H-pyrrole nitrogens is 1. The van der Waals surface area contributed by atoms with E-state index in [1.54, 1.807) is 6.92 Å². The summed E-state index contributed by atoms with van der Waals surface area (Å²) in [6, 6.07) is 5.77. The van der Waals surface area contributed by atoms with Crippen molar-refractivity contribution in [3.05, 3.63) is 54.5 Å². The highest BCUT2D eigenvalue weighted by molar-refractivity contribution is 9.10. The second-order valence-electron chi connectivity index (χ2n) is 8.42. The van der Waals surface area contributed by atoms with E-state index in [0.717, 1.165) is 15.6 Å². The third-order valence-corrected chi connectivity index (χ3v) is 8.84. The van der Waals surface area contributed by atoms with E-state index < -0.39 is 5.97 Å². The first kappa shape index (κ1) is 22.7. The third-order valence-electron chi connectivity index (χ3n) is 6.30. The number of carboxylic acids is 1. The van der Waals surface area contributed by atoms with Crippen molar-refractivity contribution in [2.75, 3.05) is 18.0 Å². The summed E-state index contributed by atoms with van der Waals surface area (Å²) in [5.41, 5.74) is 3.19. The quantitative estimate of drug-likeness (QED) is 0.383. The molecule has 1 amide bonds. The first-order valence-electron chi connectivity index (χ1n) is 10.3.